The second-order valence-corrected chi connectivity index (χ2v) is 9.10. The molecule has 1 aliphatic heterocycles. The van der Waals surface area contributed by atoms with Crippen LogP contribution in [0.15, 0.2) is 42.5 Å². The van der Waals surface area contributed by atoms with Crippen LogP contribution in [-0.4, -0.2) is 50.8 Å². The van der Waals surface area contributed by atoms with Crippen molar-refractivity contribution >= 4 is 11.9 Å². The van der Waals surface area contributed by atoms with Gasteiger partial charge in [-0.3, -0.25) is 4.79 Å². The maximum Gasteiger partial charge on any atom is 0.339 e. The quantitative estimate of drug-likeness (QED) is 0.722. The Hall–Kier alpha value is -2.86. The number of carbonyl (C=O) groups is 2. The number of nitrogens with zero attached hydrogens (tertiary/aromatic N) is 1. The molecule has 1 heterocycles. The molecule has 1 atom stereocenters. The van der Waals surface area contributed by atoms with E-state index in [1.807, 2.05) is 17.0 Å². The number of carboxylic acid groups (broad SMARTS) is 1. The van der Waals surface area contributed by atoms with Gasteiger partial charge in [-0.1, -0.05) is 30.3 Å². The van der Waals surface area contributed by atoms with Gasteiger partial charge >= 0.3 is 5.97 Å². The fraction of sp³-hybridized carbons (Fsp3) is 0.417. The van der Waals surface area contributed by atoms with Gasteiger partial charge < -0.3 is 20.2 Å². The van der Waals surface area contributed by atoms with Crippen LogP contribution in [0.1, 0.15) is 53.9 Å². The summed E-state index contributed by atoms with van der Waals surface area (Å²) in [6.45, 7) is 1.45. The maximum absolute atomic E-state index is 12.3. The number of likely N-dealkylation sites (tertiary alicyclic amines) is 1. The molecule has 156 valence electrons. The zero-order chi connectivity index (χ0) is 21.1. The van der Waals surface area contributed by atoms with E-state index in [1.54, 1.807) is 6.07 Å². The summed E-state index contributed by atoms with van der Waals surface area (Å²) in [5, 5.41) is 29.0. The van der Waals surface area contributed by atoms with Crippen LogP contribution in [0.4, 0.5) is 0 Å². The molecular formula is C24H25NO5. The number of phenols is 1. The maximum atomic E-state index is 12.3. The summed E-state index contributed by atoms with van der Waals surface area (Å²) in [6.07, 6.45) is 4.28. The van der Waals surface area contributed by atoms with Crippen LogP contribution in [0, 0.1) is 5.41 Å². The van der Waals surface area contributed by atoms with Crippen LogP contribution < -0.4 is 0 Å². The molecule has 0 bridgehead atoms. The Labute approximate surface area is 174 Å². The van der Waals surface area contributed by atoms with Gasteiger partial charge in [-0.05, 0) is 72.3 Å². The largest absolute Gasteiger partial charge is 0.507 e. The summed E-state index contributed by atoms with van der Waals surface area (Å²) in [5.41, 5.74) is 2.09. The Balaban J connectivity index is 1.25. The van der Waals surface area contributed by atoms with Crippen LogP contribution in [0.5, 0.6) is 5.75 Å². The molecule has 2 saturated carbocycles. The molecule has 0 radical (unpaired) electrons. The van der Waals surface area contributed by atoms with E-state index in [-0.39, 0.29) is 22.6 Å². The molecule has 3 fully saturated rings. The van der Waals surface area contributed by atoms with Crippen LogP contribution in [-0.2, 0) is 4.79 Å². The van der Waals surface area contributed by atoms with Gasteiger partial charge in [0.05, 0.1) is 0 Å². The van der Waals surface area contributed by atoms with Crippen molar-refractivity contribution in [1.29, 1.82) is 0 Å². The molecular weight excluding hydrogens is 382 g/mol. The molecule has 5 rings (SSSR count). The third-order valence-corrected chi connectivity index (χ3v) is 7.23. The van der Waals surface area contributed by atoms with Gasteiger partial charge in [-0.25, -0.2) is 4.79 Å². The van der Waals surface area contributed by atoms with Gasteiger partial charge in [0.25, 0.3) is 5.91 Å². The van der Waals surface area contributed by atoms with Crippen molar-refractivity contribution in [1.82, 2.24) is 4.90 Å². The number of rotatable bonds is 4. The van der Waals surface area contributed by atoms with Gasteiger partial charge in [0.2, 0.25) is 0 Å². The van der Waals surface area contributed by atoms with Crippen molar-refractivity contribution in [2.45, 2.75) is 43.6 Å². The van der Waals surface area contributed by atoms with E-state index < -0.39 is 11.6 Å². The minimum absolute atomic E-state index is 0.0870. The Morgan fingerprint density at radius 2 is 1.57 bits per heavy atom. The average molecular weight is 407 g/mol. The molecule has 6 nitrogen and oxygen atoms in total. The van der Waals surface area contributed by atoms with Crippen molar-refractivity contribution < 1.29 is 24.9 Å². The minimum atomic E-state index is -1.15. The number of hydrogen-bond acceptors (Lipinski definition) is 4. The monoisotopic (exact) mass is 407 g/mol. The van der Waals surface area contributed by atoms with E-state index in [0.717, 1.165) is 43.5 Å². The lowest BCUT2D eigenvalue weighted by atomic mass is 9.88. The summed E-state index contributed by atoms with van der Waals surface area (Å²) in [5.74, 6) is -0.971. The molecule has 6 heteroatoms. The SMILES string of the molecule is O=C(O)c1ccc(-c2ccc([C@H]3CC34CCN(C(=O)C3(O)CC3)CC4)cc2)cc1O. The number of aliphatic hydroxyl groups is 1. The van der Waals surface area contributed by atoms with Crippen LogP contribution >= 0.6 is 0 Å². The molecule has 1 amide bonds. The molecule has 1 saturated heterocycles. The molecule has 3 aliphatic rings. The zero-order valence-corrected chi connectivity index (χ0v) is 16.7. The third kappa shape index (κ3) is 3.16. The van der Waals surface area contributed by atoms with Gasteiger partial charge in [-0.2, -0.15) is 0 Å². The number of carbonyl (C=O) groups excluding carboxylic acids is 1. The van der Waals surface area contributed by atoms with Gasteiger partial charge in [0.15, 0.2) is 0 Å². The highest BCUT2D eigenvalue weighted by Gasteiger charge is 2.57. The van der Waals surface area contributed by atoms with Crippen molar-refractivity contribution in [3.63, 3.8) is 0 Å². The number of hydrogen-bond donors (Lipinski definition) is 3. The van der Waals surface area contributed by atoms with Crippen molar-refractivity contribution in [2.24, 2.45) is 5.41 Å². The first-order valence-corrected chi connectivity index (χ1v) is 10.5. The predicted molar refractivity (Wildman–Crippen MR) is 110 cm³/mol. The summed E-state index contributed by atoms with van der Waals surface area (Å²) < 4.78 is 0. The lowest BCUT2D eigenvalue weighted by molar-refractivity contribution is -0.144. The summed E-state index contributed by atoms with van der Waals surface area (Å²) in [6, 6.07) is 12.9. The molecule has 1 spiro atoms. The Kier molecular flexibility index (Phi) is 4.19. The lowest BCUT2D eigenvalue weighted by Crippen LogP contribution is -2.45. The summed E-state index contributed by atoms with van der Waals surface area (Å²) in [7, 11) is 0. The highest BCUT2D eigenvalue weighted by molar-refractivity contribution is 5.91. The molecule has 2 aliphatic carbocycles. The van der Waals surface area contributed by atoms with E-state index in [2.05, 4.69) is 12.1 Å². The molecule has 2 aromatic carbocycles. The second-order valence-electron chi connectivity index (χ2n) is 9.10. The van der Waals surface area contributed by atoms with E-state index in [1.165, 1.54) is 17.7 Å². The van der Waals surface area contributed by atoms with Crippen LogP contribution in [0.2, 0.25) is 0 Å². The standard InChI is InChI=1S/C24H25NO5/c26-20-13-17(5-6-18(20)21(27)28)15-1-3-16(4-2-15)19-14-23(19)9-11-25(12-10-23)22(29)24(30)7-8-24/h1-6,13,19,26,30H,7-12,14H2,(H,27,28)/t19-/m1/s1. The number of benzene rings is 2. The van der Waals surface area contributed by atoms with Crippen LogP contribution in [0.3, 0.4) is 0 Å². The van der Waals surface area contributed by atoms with E-state index in [9.17, 15) is 19.8 Å². The number of aromatic hydroxyl groups is 1. The van der Waals surface area contributed by atoms with E-state index in [0.29, 0.717) is 18.8 Å². The van der Waals surface area contributed by atoms with Crippen molar-refractivity contribution in [3.05, 3.63) is 53.6 Å². The topological polar surface area (TPSA) is 98.1 Å². The number of aromatic carboxylic acids is 1. The number of carboxylic acids is 1. The highest BCUT2D eigenvalue weighted by atomic mass is 16.4. The fourth-order valence-corrected chi connectivity index (χ4v) is 4.95. The first kappa shape index (κ1) is 19.1. The smallest absolute Gasteiger partial charge is 0.339 e. The molecule has 2 aromatic rings. The highest BCUT2D eigenvalue weighted by Crippen LogP contribution is 2.65. The minimum Gasteiger partial charge on any atom is -0.507 e. The second kappa shape index (κ2) is 6.57. The van der Waals surface area contributed by atoms with Gasteiger partial charge in [0, 0.05) is 13.1 Å². The Morgan fingerprint density at radius 1 is 0.933 bits per heavy atom. The van der Waals surface area contributed by atoms with Gasteiger partial charge in [0.1, 0.15) is 16.9 Å². The molecule has 3 N–H and O–H groups in total. The van der Waals surface area contributed by atoms with Crippen molar-refractivity contribution in [2.75, 3.05) is 13.1 Å². The normalized spacial score (nSPS) is 23.2. The number of amides is 1. The average Bonchev–Trinajstić information content (AvgIpc) is 3.65. The predicted octanol–water partition coefficient (Wildman–Crippen LogP) is 3.38. The van der Waals surface area contributed by atoms with E-state index >= 15 is 0 Å². The lowest BCUT2D eigenvalue weighted by Gasteiger charge is -2.34. The fourth-order valence-electron chi connectivity index (χ4n) is 4.95. The first-order valence-electron chi connectivity index (χ1n) is 10.5. The Morgan fingerprint density at radius 3 is 2.13 bits per heavy atom. The number of piperidine rings is 1. The molecule has 30 heavy (non-hydrogen) atoms. The van der Waals surface area contributed by atoms with Gasteiger partial charge in [-0.15, -0.1) is 0 Å². The summed E-state index contributed by atoms with van der Waals surface area (Å²) >= 11 is 0. The van der Waals surface area contributed by atoms with E-state index in [4.69, 9.17) is 5.11 Å². The zero-order valence-electron chi connectivity index (χ0n) is 16.7. The van der Waals surface area contributed by atoms with Crippen molar-refractivity contribution in [3.8, 4) is 16.9 Å². The van der Waals surface area contributed by atoms with Crippen LogP contribution in [0.25, 0.3) is 11.1 Å². The third-order valence-electron chi connectivity index (χ3n) is 7.23. The molecule has 0 unspecified atom stereocenters. The Bertz CT molecular complexity index is 1020. The first-order chi connectivity index (χ1) is 14.3. The molecule has 0 aromatic heterocycles. The summed E-state index contributed by atoms with van der Waals surface area (Å²) in [4.78, 5) is 25.2.